The lowest BCUT2D eigenvalue weighted by Crippen LogP contribution is -2.40. The Kier molecular flexibility index (Phi) is 9.95. The molecule has 1 heterocycles. The Labute approximate surface area is 204 Å². The van der Waals surface area contributed by atoms with E-state index >= 15 is 0 Å². The minimum atomic E-state index is 0.0538. The standard InChI is InChI=1S/C28H39N3O3/c1-22(2)25-10-5-24(6-11-25)15-16-29-27(32)21-30-17-4-18-31(20-19-30)28(33)14-9-23-7-12-26(34-3)13-8-23/h5-8,10-13,22H,4,9,14-21H2,1-3H3,(H,29,32). The summed E-state index contributed by atoms with van der Waals surface area (Å²) in [5, 5.41) is 3.05. The summed E-state index contributed by atoms with van der Waals surface area (Å²) in [6, 6.07) is 16.5. The number of aryl methyl sites for hydroxylation is 1. The molecule has 1 fully saturated rings. The predicted molar refractivity (Wildman–Crippen MR) is 136 cm³/mol. The quantitative estimate of drug-likeness (QED) is 0.582. The molecule has 6 nitrogen and oxygen atoms in total. The summed E-state index contributed by atoms with van der Waals surface area (Å²) in [5.74, 6) is 1.60. The molecule has 0 spiro atoms. The van der Waals surface area contributed by atoms with Crippen molar-refractivity contribution < 1.29 is 14.3 Å². The largest absolute Gasteiger partial charge is 0.497 e. The van der Waals surface area contributed by atoms with Crippen LogP contribution in [0.5, 0.6) is 5.75 Å². The second-order valence-corrected chi connectivity index (χ2v) is 9.35. The topological polar surface area (TPSA) is 61.9 Å². The molecule has 0 aromatic heterocycles. The van der Waals surface area contributed by atoms with Crippen LogP contribution < -0.4 is 10.1 Å². The molecule has 2 amide bonds. The van der Waals surface area contributed by atoms with Crippen LogP contribution >= 0.6 is 0 Å². The normalized spacial score (nSPS) is 14.6. The highest BCUT2D eigenvalue weighted by Crippen LogP contribution is 2.15. The van der Waals surface area contributed by atoms with Crippen LogP contribution in [0.2, 0.25) is 0 Å². The van der Waals surface area contributed by atoms with Crippen LogP contribution in [0.25, 0.3) is 0 Å². The molecule has 6 heteroatoms. The number of nitrogens with one attached hydrogen (secondary N) is 1. The van der Waals surface area contributed by atoms with E-state index in [4.69, 9.17) is 4.74 Å². The monoisotopic (exact) mass is 465 g/mol. The summed E-state index contributed by atoms with van der Waals surface area (Å²) in [5.41, 5.74) is 3.71. The average Bonchev–Trinajstić information content (AvgIpc) is 3.08. The number of carbonyl (C=O) groups excluding carboxylic acids is 2. The molecule has 0 atom stereocenters. The number of nitrogens with zero attached hydrogens (tertiary/aromatic N) is 2. The maximum absolute atomic E-state index is 12.7. The Morgan fingerprint density at radius 2 is 1.59 bits per heavy atom. The molecule has 1 N–H and O–H groups in total. The zero-order chi connectivity index (χ0) is 24.3. The first-order valence-corrected chi connectivity index (χ1v) is 12.4. The van der Waals surface area contributed by atoms with Crippen LogP contribution in [0.1, 0.15) is 49.3 Å². The van der Waals surface area contributed by atoms with Crippen molar-refractivity contribution >= 4 is 11.8 Å². The minimum Gasteiger partial charge on any atom is -0.497 e. The number of ether oxygens (including phenoxy) is 1. The lowest BCUT2D eigenvalue weighted by molar-refractivity contribution is -0.131. The Hall–Kier alpha value is -2.86. The molecule has 0 bridgehead atoms. The van der Waals surface area contributed by atoms with Crippen LogP contribution in [0.3, 0.4) is 0 Å². The molecule has 2 aromatic carbocycles. The molecule has 34 heavy (non-hydrogen) atoms. The highest BCUT2D eigenvalue weighted by atomic mass is 16.5. The van der Waals surface area contributed by atoms with Gasteiger partial charge in [-0.2, -0.15) is 0 Å². The van der Waals surface area contributed by atoms with Gasteiger partial charge in [0, 0.05) is 39.1 Å². The van der Waals surface area contributed by atoms with Gasteiger partial charge in [0.15, 0.2) is 0 Å². The Bertz CT molecular complexity index is 909. The number of rotatable bonds is 10. The summed E-state index contributed by atoms with van der Waals surface area (Å²) in [6.07, 6.45) is 2.96. The van der Waals surface area contributed by atoms with E-state index in [1.54, 1.807) is 7.11 Å². The molecule has 0 saturated carbocycles. The number of hydrogen-bond acceptors (Lipinski definition) is 4. The highest BCUT2D eigenvalue weighted by Gasteiger charge is 2.20. The van der Waals surface area contributed by atoms with E-state index in [0.29, 0.717) is 32.0 Å². The van der Waals surface area contributed by atoms with E-state index in [0.717, 1.165) is 50.2 Å². The van der Waals surface area contributed by atoms with Crippen LogP contribution in [-0.2, 0) is 22.4 Å². The van der Waals surface area contributed by atoms with Crippen LogP contribution in [0, 0.1) is 0 Å². The molecular formula is C28H39N3O3. The third-order valence-corrected chi connectivity index (χ3v) is 6.48. The third kappa shape index (κ3) is 8.17. The second-order valence-electron chi connectivity index (χ2n) is 9.35. The fourth-order valence-electron chi connectivity index (χ4n) is 4.25. The van der Waals surface area contributed by atoms with Crippen molar-refractivity contribution in [1.29, 1.82) is 0 Å². The van der Waals surface area contributed by atoms with Crippen LogP contribution in [0.4, 0.5) is 0 Å². The van der Waals surface area contributed by atoms with E-state index < -0.39 is 0 Å². The maximum Gasteiger partial charge on any atom is 0.234 e. The summed E-state index contributed by atoms with van der Waals surface area (Å²) in [6.45, 7) is 8.42. The van der Waals surface area contributed by atoms with Gasteiger partial charge in [-0.25, -0.2) is 0 Å². The molecule has 0 radical (unpaired) electrons. The zero-order valence-electron chi connectivity index (χ0n) is 20.9. The first kappa shape index (κ1) is 25.8. The van der Waals surface area contributed by atoms with Gasteiger partial charge in [0.25, 0.3) is 0 Å². The third-order valence-electron chi connectivity index (χ3n) is 6.48. The lowest BCUT2D eigenvalue weighted by Gasteiger charge is -2.22. The SMILES string of the molecule is COc1ccc(CCC(=O)N2CCCN(CC(=O)NCCc3ccc(C(C)C)cc3)CC2)cc1. The van der Waals surface area contributed by atoms with Gasteiger partial charge in [-0.3, -0.25) is 14.5 Å². The van der Waals surface area contributed by atoms with Crippen LogP contribution in [-0.4, -0.2) is 68.0 Å². The van der Waals surface area contributed by atoms with Crippen molar-refractivity contribution in [3.8, 4) is 5.75 Å². The van der Waals surface area contributed by atoms with E-state index in [1.807, 2.05) is 29.2 Å². The van der Waals surface area contributed by atoms with Gasteiger partial charge in [0.05, 0.1) is 13.7 Å². The molecule has 1 saturated heterocycles. The van der Waals surface area contributed by atoms with Crippen molar-refractivity contribution in [3.05, 3.63) is 65.2 Å². The minimum absolute atomic E-state index is 0.0538. The average molecular weight is 466 g/mol. The van der Waals surface area contributed by atoms with E-state index in [9.17, 15) is 9.59 Å². The Morgan fingerprint density at radius 1 is 0.912 bits per heavy atom. The molecule has 3 rings (SSSR count). The molecule has 0 aliphatic carbocycles. The van der Waals surface area contributed by atoms with Gasteiger partial charge in [0.2, 0.25) is 11.8 Å². The first-order chi connectivity index (χ1) is 16.4. The summed E-state index contributed by atoms with van der Waals surface area (Å²) in [4.78, 5) is 29.3. The maximum atomic E-state index is 12.7. The van der Waals surface area contributed by atoms with Gasteiger partial charge < -0.3 is 15.0 Å². The number of carbonyl (C=O) groups is 2. The van der Waals surface area contributed by atoms with Crippen molar-refractivity contribution in [3.63, 3.8) is 0 Å². The summed E-state index contributed by atoms with van der Waals surface area (Å²) >= 11 is 0. The Balaban J connectivity index is 1.35. The van der Waals surface area contributed by atoms with Crippen LogP contribution in [0.15, 0.2) is 48.5 Å². The highest BCUT2D eigenvalue weighted by molar-refractivity contribution is 5.78. The lowest BCUT2D eigenvalue weighted by atomic mass is 10.0. The number of benzene rings is 2. The van der Waals surface area contributed by atoms with Crippen molar-refractivity contribution in [2.75, 3.05) is 46.4 Å². The Morgan fingerprint density at radius 3 is 2.26 bits per heavy atom. The summed E-state index contributed by atoms with van der Waals surface area (Å²) in [7, 11) is 1.65. The van der Waals surface area contributed by atoms with Crippen molar-refractivity contribution in [1.82, 2.24) is 15.1 Å². The molecule has 184 valence electrons. The molecule has 2 aromatic rings. The fraction of sp³-hybridized carbons (Fsp3) is 0.500. The second kappa shape index (κ2) is 13.1. The van der Waals surface area contributed by atoms with Gasteiger partial charge in [-0.1, -0.05) is 50.2 Å². The van der Waals surface area contributed by atoms with E-state index in [1.165, 1.54) is 11.1 Å². The van der Waals surface area contributed by atoms with Gasteiger partial charge >= 0.3 is 0 Å². The number of amides is 2. The predicted octanol–water partition coefficient (Wildman–Crippen LogP) is 3.64. The molecule has 1 aliphatic heterocycles. The zero-order valence-corrected chi connectivity index (χ0v) is 20.9. The summed E-state index contributed by atoms with van der Waals surface area (Å²) < 4.78 is 5.19. The fourth-order valence-corrected chi connectivity index (χ4v) is 4.25. The van der Waals surface area contributed by atoms with Gasteiger partial charge in [-0.05, 0) is 54.0 Å². The number of hydrogen-bond donors (Lipinski definition) is 1. The van der Waals surface area contributed by atoms with Gasteiger partial charge in [0.1, 0.15) is 5.75 Å². The molecule has 1 aliphatic rings. The van der Waals surface area contributed by atoms with Gasteiger partial charge in [-0.15, -0.1) is 0 Å². The first-order valence-electron chi connectivity index (χ1n) is 12.4. The smallest absolute Gasteiger partial charge is 0.234 e. The molecule has 0 unspecified atom stereocenters. The van der Waals surface area contributed by atoms with E-state index in [-0.39, 0.29) is 11.8 Å². The van der Waals surface area contributed by atoms with Crippen molar-refractivity contribution in [2.45, 2.75) is 45.4 Å². The molecular weight excluding hydrogens is 426 g/mol. The van der Waals surface area contributed by atoms with E-state index in [2.05, 4.69) is 48.3 Å². The number of methoxy groups -OCH3 is 1. The van der Waals surface area contributed by atoms with Crippen molar-refractivity contribution in [2.24, 2.45) is 0 Å².